The average molecular weight is 218 g/mol. The summed E-state index contributed by atoms with van der Waals surface area (Å²) in [6, 6.07) is 8.72. The molecule has 0 bridgehead atoms. The first-order valence-corrected chi connectivity index (χ1v) is 6.39. The lowest BCUT2D eigenvalue weighted by molar-refractivity contribution is 0.220. The predicted octanol–water partition coefficient (Wildman–Crippen LogP) is 2.17. The number of likely N-dealkylation sites (tertiary alicyclic amines) is 1. The van der Waals surface area contributed by atoms with E-state index in [1.54, 1.807) is 0 Å². The van der Waals surface area contributed by atoms with Gasteiger partial charge < -0.3 is 5.73 Å². The number of hydrogen-bond donors (Lipinski definition) is 1. The van der Waals surface area contributed by atoms with Crippen molar-refractivity contribution in [1.29, 1.82) is 0 Å². The van der Waals surface area contributed by atoms with Gasteiger partial charge in [0.1, 0.15) is 0 Å². The van der Waals surface area contributed by atoms with Crippen molar-refractivity contribution in [2.75, 3.05) is 19.6 Å². The summed E-state index contributed by atoms with van der Waals surface area (Å²) in [5.41, 5.74) is 8.54. The second-order valence-corrected chi connectivity index (χ2v) is 4.64. The van der Waals surface area contributed by atoms with Crippen LogP contribution in [0.4, 0.5) is 0 Å². The maximum atomic E-state index is 5.65. The summed E-state index contributed by atoms with van der Waals surface area (Å²) in [5, 5.41) is 0. The van der Waals surface area contributed by atoms with Crippen molar-refractivity contribution in [3.05, 3.63) is 35.4 Å². The molecule has 0 aromatic heterocycles. The van der Waals surface area contributed by atoms with Gasteiger partial charge in [-0.15, -0.1) is 0 Å². The third-order valence-corrected chi connectivity index (χ3v) is 3.37. The fraction of sp³-hybridized carbons (Fsp3) is 0.571. The molecule has 0 spiro atoms. The summed E-state index contributed by atoms with van der Waals surface area (Å²) in [7, 11) is 0. The summed E-state index contributed by atoms with van der Waals surface area (Å²) in [4.78, 5) is 2.57. The maximum absolute atomic E-state index is 5.65. The Balaban J connectivity index is 2.01. The van der Waals surface area contributed by atoms with Crippen LogP contribution in [-0.2, 0) is 13.0 Å². The normalized spacial score (nSPS) is 17.6. The Kier molecular flexibility index (Phi) is 4.37. The Bertz CT molecular complexity index is 316. The molecule has 16 heavy (non-hydrogen) atoms. The lowest BCUT2D eigenvalue weighted by atomic mass is 10.0. The Hall–Kier alpha value is -0.860. The highest BCUT2D eigenvalue weighted by molar-refractivity contribution is 5.27. The molecule has 0 saturated carbocycles. The molecular formula is C14H22N2. The van der Waals surface area contributed by atoms with Gasteiger partial charge in [-0.1, -0.05) is 30.7 Å². The minimum Gasteiger partial charge on any atom is -0.330 e. The van der Waals surface area contributed by atoms with Gasteiger partial charge in [0.2, 0.25) is 0 Å². The molecule has 0 aliphatic carbocycles. The molecule has 2 N–H and O–H groups in total. The van der Waals surface area contributed by atoms with Crippen molar-refractivity contribution in [3.8, 4) is 0 Å². The van der Waals surface area contributed by atoms with E-state index >= 15 is 0 Å². The van der Waals surface area contributed by atoms with Crippen LogP contribution in [0.3, 0.4) is 0 Å². The molecule has 0 unspecified atom stereocenters. The molecule has 2 rings (SSSR count). The minimum atomic E-state index is 0.747. The molecule has 1 aromatic carbocycles. The van der Waals surface area contributed by atoms with Crippen LogP contribution in [0.15, 0.2) is 24.3 Å². The van der Waals surface area contributed by atoms with Crippen LogP contribution in [-0.4, -0.2) is 24.5 Å². The van der Waals surface area contributed by atoms with Gasteiger partial charge in [0.15, 0.2) is 0 Å². The van der Waals surface area contributed by atoms with E-state index in [0.29, 0.717) is 0 Å². The molecule has 1 saturated heterocycles. The summed E-state index contributed by atoms with van der Waals surface area (Å²) in [6.07, 6.45) is 5.13. The van der Waals surface area contributed by atoms with Crippen LogP contribution in [0.2, 0.25) is 0 Å². The third kappa shape index (κ3) is 3.06. The molecule has 2 nitrogen and oxygen atoms in total. The van der Waals surface area contributed by atoms with Crippen LogP contribution in [0.1, 0.15) is 30.4 Å². The number of piperidine rings is 1. The standard InChI is InChI=1S/C14H22N2/c15-9-8-13-6-2-3-7-14(13)12-16-10-4-1-5-11-16/h2-3,6-7H,1,4-5,8-12,15H2. The van der Waals surface area contributed by atoms with Gasteiger partial charge in [0.25, 0.3) is 0 Å². The molecule has 1 aliphatic heterocycles. The van der Waals surface area contributed by atoms with Gasteiger partial charge in [-0.3, -0.25) is 4.90 Å². The summed E-state index contributed by atoms with van der Waals surface area (Å²) < 4.78 is 0. The zero-order valence-corrected chi connectivity index (χ0v) is 9.99. The first-order valence-electron chi connectivity index (χ1n) is 6.39. The predicted molar refractivity (Wildman–Crippen MR) is 68.3 cm³/mol. The zero-order valence-electron chi connectivity index (χ0n) is 9.99. The number of benzene rings is 1. The van der Waals surface area contributed by atoms with Crippen molar-refractivity contribution in [3.63, 3.8) is 0 Å². The minimum absolute atomic E-state index is 0.747. The van der Waals surface area contributed by atoms with Gasteiger partial charge >= 0.3 is 0 Å². The van der Waals surface area contributed by atoms with Gasteiger partial charge in [-0.25, -0.2) is 0 Å². The van der Waals surface area contributed by atoms with E-state index in [-0.39, 0.29) is 0 Å². The highest BCUT2D eigenvalue weighted by Crippen LogP contribution is 2.16. The Labute approximate surface area is 98.4 Å². The number of nitrogens with two attached hydrogens (primary N) is 1. The lowest BCUT2D eigenvalue weighted by Crippen LogP contribution is -2.29. The smallest absolute Gasteiger partial charge is 0.0236 e. The highest BCUT2D eigenvalue weighted by atomic mass is 15.1. The number of hydrogen-bond acceptors (Lipinski definition) is 2. The van der Waals surface area contributed by atoms with Gasteiger partial charge in [-0.2, -0.15) is 0 Å². The summed E-state index contributed by atoms with van der Waals surface area (Å²) in [6.45, 7) is 4.38. The third-order valence-electron chi connectivity index (χ3n) is 3.37. The molecule has 0 amide bonds. The van der Waals surface area contributed by atoms with Crippen LogP contribution in [0, 0.1) is 0 Å². The molecule has 2 heteroatoms. The molecule has 0 atom stereocenters. The van der Waals surface area contributed by atoms with Crippen molar-refractivity contribution in [2.24, 2.45) is 5.73 Å². The molecule has 1 aromatic rings. The van der Waals surface area contributed by atoms with E-state index in [1.807, 2.05) is 0 Å². The maximum Gasteiger partial charge on any atom is 0.0236 e. The van der Waals surface area contributed by atoms with Crippen molar-refractivity contribution < 1.29 is 0 Å². The van der Waals surface area contributed by atoms with Crippen LogP contribution in [0.25, 0.3) is 0 Å². The monoisotopic (exact) mass is 218 g/mol. The van der Waals surface area contributed by atoms with E-state index in [4.69, 9.17) is 5.73 Å². The van der Waals surface area contributed by atoms with E-state index in [0.717, 1.165) is 19.5 Å². The lowest BCUT2D eigenvalue weighted by Gasteiger charge is -2.27. The second-order valence-electron chi connectivity index (χ2n) is 4.64. The molecule has 1 fully saturated rings. The highest BCUT2D eigenvalue weighted by Gasteiger charge is 2.11. The largest absolute Gasteiger partial charge is 0.330 e. The van der Waals surface area contributed by atoms with Crippen LogP contribution < -0.4 is 5.73 Å². The number of nitrogens with zero attached hydrogens (tertiary/aromatic N) is 1. The second kappa shape index (κ2) is 6.02. The SMILES string of the molecule is NCCc1ccccc1CN1CCCCC1. The fourth-order valence-corrected chi connectivity index (χ4v) is 2.47. The van der Waals surface area contributed by atoms with E-state index in [9.17, 15) is 0 Å². The average Bonchev–Trinajstić information content (AvgIpc) is 2.33. The van der Waals surface area contributed by atoms with Crippen LogP contribution in [0.5, 0.6) is 0 Å². The first kappa shape index (κ1) is 11.6. The Morgan fingerprint density at radius 3 is 2.38 bits per heavy atom. The zero-order chi connectivity index (χ0) is 11.2. The van der Waals surface area contributed by atoms with Gasteiger partial charge in [-0.05, 0) is 50.0 Å². The van der Waals surface area contributed by atoms with Crippen molar-refractivity contribution >= 4 is 0 Å². The summed E-state index contributed by atoms with van der Waals surface area (Å²) in [5.74, 6) is 0. The van der Waals surface area contributed by atoms with Crippen molar-refractivity contribution in [2.45, 2.75) is 32.2 Å². The van der Waals surface area contributed by atoms with Crippen molar-refractivity contribution in [1.82, 2.24) is 4.90 Å². The molecular weight excluding hydrogens is 196 g/mol. The molecule has 88 valence electrons. The van der Waals surface area contributed by atoms with E-state index < -0.39 is 0 Å². The Morgan fingerprint density at radius 2 is 1.69 bits per heavy atom. The molecule has 1 heterocycles. The fourth-order valence-electron chi connectivity index (χ4n) is 2.47. The topological polar surface area (TPSA) is 29.3 Å². The molecule has 1 aliphatic rings. The van der Waals surface area contributed by atoms with E-state index in [1.165, 1.54) is 43.5 Å². The number of rotatable bonds is 4. The summed E-state index contributed by atoms with van der Waals surface area (Å²) >= 11 is 0. The molecule has 0 radical (unpaired) electrons. The van der Waals surface area contributed by atoms with Crippen LogP contribution >= 0.6 is 0 Å². The Morgan fingerprint density at radius 1 is 1.00 bits per heavy atom. The van der Waals surface area contributed by atoms with Gasteiger partial charge in [0, 0.05) is 6.54 Å². The first-order chi connectivity index (χ1) is 7.90. The quantitative estimate of drug-likeness (QED) is 0.839. The van der Waals surface area contributed by atoms with Gasteiger partial charge in [0.05, 0.1) is 0 Å². The van der Waals surface area contributed by atoms with E-state index in [2.05, 4.69) is 29.2 Å².